The second-order valence-electron chi connectivity index (χ2n) is 17.7. The Morgan fingerprint density at radius 1 is 0.937 bits per heavy atom. The highest BCUT2D eigenvalue weighted by molar-refractivity contribution is 6.12. The van der Waals surface area contributed by atoms with Gasteiger partial charge in [0.15, 0.2) is 0 Å². The molecule has 0 bridgehead atoms. The zero-order valence-electron chi connectivity index (χ0n) is 38.9. The quantitative estimate of drug-likeness (QED) is 0.129. The van der Waals surface area contributed by atoms with E-state index in [1.54, 1.807) is 75.7 Å². The van der Waals surface area contributed by atoms with Crippen LogP contribution in [-0.2, 0) is 54.3 Å². The van der Waals surface area contributed by atoms with Crippen molar-refractivity contribution in [1.29, 1.82) is 0 Å². The van der Waals surface area contributed by atoms with Gasteiger partial charge in [-0.05, 0) is 50.5 Å². The fraction of sp³-hybridized carbons (Fsp3) is 0.652. The number of rotatable bonds is 24. The number of nitrogens with one attached hydrogen (secondary N) is 2. The Morgan fingerprint density at radius 3 is 2.10 bits per heavy atom. The minimum Gasteiger partial charge on any atom is -0.480 e. The lowest BCUT2D eigenvalue weighted by molar-refractivity contribution is -0.150. The zero-order chi connectivity index (χ0) is 47.3. The van der Waals surface area contributed by atoms with E-state index in [-0.39, 0.29) is 55.9 Å². The molecule has 1 fully saturated rings. The number of nitrogens with zero attached hydrogens (tertiary/aromatic N) is 4. The van der Waals surface area contributed by atoms with Crippen molar-refractivity contribution in [2.45, 2.75) is 135 Å². The second kappa shape index (κ2) is 23.5. The average molecular weight is 883 g/mol. The van der Waals surface area contributed by atoms with Crippen molar-refractivity contribution in [3.63, 3.8) is 0 Å². The number of methoxy groups -OCH3 is 2. The van der Waals surface area contributed by atoms with E-state index in [4.69, 9.17) is 9.47 Å². The highest BCUT2D eigenvalue weighted by atomic mass is 16.5. The first-order chi connectivity index (χ1) is 29.6. The molecule has 17 nitrogen and oxygen atoms in total. The summed E-state index contributed by atoms with van der Waals surface area (Å²) in [6, 6.07) is 5.76. The molecule has 0 unspecified atom stereocenters. The molecule has 0 spiro atoms. The number of ether oxygens (including phenoxy) is 2. The Morgan fingerprint density at radius 2 is 1.56 bits per heavy atom. The third-order valence-corrected chi connectivity index (χ3v) is 12.8. The van der Waals surface area contributed by atoms with E-state index < -0.39 is 83.3 Å². The Labute approximate surface area is 372 Å². The van der Waals surface area contributed by atoms with E-state index in [1.807, 2.05) is 19.9 Å². The third kappa shape index (κ3) is 13.2. The van der Waals surface area contributed by atoms with Crippen LogP contribution in [0.3, 0.4) is 0 Å². The number of hydrogen-bond acceptors (Lipinski definition) is 10. The van der Waals surface area contributed by atoms with Crippen molar-refractivity contribution < 1.29 is 52.9 Å². The number of amides is 7. The van der Waals surface area contributed by atoms with Gasteiger partial charge in [0.1, 0.15) is 17.6 Å². The molecule has 2 aliphatic rings. The lowest BCUT2D eigenvalue weighted by Crippen LogP contribution is -2.62. The topological polar surface area (TPSA) is 212 Å². The van der Waals surface area contributed by atoms with Gasteiger partial charge in [-0.2, -0.15) is 0 Å². The molecule has 0 aromatic heterocycles. The summed E-state index contributed by atoms with van der Waals surface area (Å²) in [6.07, 6.45) is 2.91. The standard InChI is InChI=1S/C46H70N6O11/c1-12-29(4)40(49(8)43(58)39(28(2)3)48-45(61)46(6,7)50(9)35(53)21-17-25-52-36(54)22-23-37(52)55)34(62-10)27-38(56)51-24-16-20-33(51)41(63-11)30(5)42(57)47-32(44(59)60)26-31-18-14-13-15-19-31/h13-15,18-19,22-23,28-30,32-34,39-41H,12,16-17,20-21,24-27H2,1-11H3,(H,47,57)(H,48,61)(H,59,60)/t29-,30+,32-,33-,34+,39-,40-,41+/m0/s1. The van der Waals surface area contributed by atoms with Gasteiger partial charge in [-0.3, -0.25) is 38.5 Å². The largest absolute Gasteiger partial charge is 0.480 e. The van der Waals surface area contributed by atoms with Crippen molar-refractivity contribution >= 4 is 47.3 Å². The van der Waals surface area contributed by atoms with Crippen LogP contribution in [0.4, 0.5) is 0 Å². The van der Waals surface area contributed by atoms with Crippen molar-refractivity contribution in [3.8, 4) is 0 Å². The Balaban J connectivity index is 1.73. The Kier molecular flexibility index (Phi) is 19.5. The van der Waals surface area contributed by atoms with Crippen LogP contribution < -0.4 is 10.6 Å². The summed E-state index contributed by atoms with van der Waals surface area (Å²) in [6.45, 7) is 12.8. The van der Waals surface area contributed by atoms with Crippen molar-refractivity contribution in [2.75, 3.05) is 41.4 Å². The summed E-state index contributed by atoms with van der Waals surface area (Å²) in [7, 11) is 6.08. The third-order valence-electron chi connectivity index (χ3n) is 12.8. The maximum Gasteiger partial charge on any atom is 0.326 e. The van der Waals surface area contributed by atoms with E-state index in [2.05, 4.69) is 10.6 Å². The minimum absolute atomic E-state index is 0.0195. The smallest absolute Gasteiger partial charge is 0.326 e. The summed E-state index contributed by atoms with van der Waals surface area (Å²) in [5, 5.41) is 15.5. The van der Waals surface area contributed by atoms with Crippen molar-refractivity contribution in [3.05, 3.63) is 48.0 Å². The molecule has 1 saturated heterocycles. The Hall–Kier alpha value is -5.16. The van der Waals surface area contributed by atoms with Crippen LogP contribution in [0, 0.1) is 17.8 Å². The second-order valence-corrected chi connectivity index (χ2v) is 17.7. The number of hydrogen-bond donors (Lipinski definition) is 3. The molecule has 0 radical (unpaired) electrons. The van der Waals surface area contributed by atoms with Crippen LogP contribution in [-0.4, -0.2) is 155 Å². The first-order valence-electron chi connectivity index (χ1n) is 21.9. The number of carboxylic acids is 1. The van der Waals surface area contributed by atoms with Gasteiger partial charge in [0.05, 0.1) is 36.6 Å². The monoisotopic (exact) mass is 883 g/mol. The van der Waals surface area contributed by atoms with E-state index in [0.29, 0.717) is 25.8 Å². The van der Waals surface area contributed by atoms with Gasteiger partial charge < -0.3 is 39.9 Å². The van der Waals surface area contributed by atoms with Gasteiger partial charge >= 0.3 is 5.97 Å². The molecule has 0 saturated carbocycles. The van der Waals surface area contributed by atoms with E-state index >= 15 is 0 Å². The normalized spacial score (nSPS) is 18.6. The first-order valence-corrected chi connectivity index (χ1v) is 21.9. The highest BCUT2D eigenvalue weighted by Crippen LogP contribution is 2.30. The van der Waals surface area contributed by atoms with Gasteiger partial charge in [-0.15, -0.1) is 0 Å². The van der Waals surface area contributed by atoms with E-state index in [0.717, 1.165) is 10.5 Å². The molecule has 2 aliphatic heterocycles. The van der Waals surface area contributed by atoms with Crippen LogP contribution in [0.5, 0.6) is 0 Å². The van der Waals surface area contributed by atoms with E-state index in [1.165, 1.54) is 38.3 Å². The summed E-state index contributed by atoms with van der Waals surface area (Å²) >= 11 is 0. The molecule has 350 valence electrons. The first kappa shape index (κ1) is 52.2. The van der Waals surface area contributed by atoms with Crippen molar-refractivity contribution in [1.82, 2.24) is 30.2 Å². The number of carbonyl (C=O) groups excluding carboxylic acids is 7. The molecular weight excluding hydrogens is 813 g/mol. The molecule has 3 rings (SSSR count). The molecule has 2 heterocycles. The summed E-state index contributed by atoms with van der Waals surface area (Å²) in [5.74, 6) is -5.46. The van der Waals surface area contributed by atoms with Gasteiger partial charge in [-0.25, -0.2) is 4.79 Å². The average Bonchev–Trinajstić information content (AvgIpc) is 3.87. The van der Waals surface area contributed by atoms with Gasteiger partial charge in [0.2, 0.25) is 29.5 Å². The highest BCUT2D eigenvalue weighted by Gasteiger charge is 2.44. The predicted molar refractivity (Wildman–Crippen MR) is 235 cm³/mol. The number of carbonyl (C=O) groups is 8. The number of benzene rings is 1. The van der Waals surface area contributed by atoms with Crippen LogP contribution in [0.25, 0.3) is 0 Å². The molecule has 1 aromatic carbocycles. The van der Waals surface area contributed by atoms with Crippen LogP contribution >= 0.6 is 0 Å². The summed E-state index contributed by atoms with van der Waals surface area (Å²) in [5.41, 5.74) is -0.624. The number of carboxylic acid groups (broad SMARTS) is 1. The van der Waals surface area contributed by atoms with E-state index in [9.17, 15) is 43.5 Å². The molecule has 0 aliphatic carbocycles. The molecular formula is C46H70N6O11. The maximum absolute atomic E-state index is 14.5. The fourth-order valence-corrected chi connectivity index (χ4v) is 8.38. The van der Waals surface area contributed by atoms with Crippen LogP contribution in [0.1, 0.15) is 92.6 Å². The van der Waals surface area contributed by atoms with Crippen LogP contribution in [0.2, 0.25) is 0 Å². The lowest BCUT2D eigenvalue weighted by atomic mass is 9.89. The number of imide groups is 1. The SMILES string of the molecule is CC[C@H](C)[C@@H]([C@@H](CC(=O)N1CCC[C@H]1[C@H](OC)[C@@H](C)C(=O)N[C@@H](Cc1ccccc1)C(=O)O)OC)N(C)C(=O)[C@@H](NC(=O)C(C)(C)N(C)C(=O)CCCN1C(=O)C=CC1=O)C(C)C. The zero-order valence-corrected chi connectivity index (χ0v) is 38.9. The lowest BCUT2D eigenvalue weighted by Gasteiger charge is -2.41. The van der Waals surface area contributed by atoms with Crippen molar-refractivity contribution in [2.24, 2.45) is 17.8 Å². The van der Waals surface area contributed by atoms with Gasteiger partial charge in [0, 0.05) is 66.4 Å². The summed E-state index contributed by atoms with van der Waals surface area (Å²) in [4.78, 5) is 111. The maximum atomic E-state index is 14.5. The molecule has 3 N–H and O–H groups in total. The van der Waals surface area contributed by atoms with Gasteiger partial charge in [-0.1, -0.05) is 71.4 Å². The van der Waals surface area contributed by atoms with Gasteiger partial charge in [0.25, 0.3) is 11.8 Å². The molecule has 8 atom stereocenters. The molecule has 7 amide bonds. The minimum atomic E-state index is -1.38. The molecule has 63 heavy (non-hydrogen) atoms. The molecule has 1 aromatic rings. The number of likely N-dealkylation sites (tertiary alicyclic amines) is 1. The summed E-state index contributed by atoms with van der Waals surface area (Å²) < 4.78 is 11.9. The number of aliphatic carboxylic acids is 1. The predicted octanol–water partition coefficient (Wildman–Crippen LogP) is 2.80. The Bertz CT molecular complexity index is 1800. The van der Waals surface area contributed by atoms with Crippen LogP contribution in [0.15, 0.2) is 42.5 Å². The molecule has 17 heteroatoms. The fourth-order valence-electron chi connectivity index (χ4n) is 8.38. The number of likely N-dealkylation sites (N-methyl/N-ethyl adjacent to an activating group) is 2.